The van der Waals surface area contributed by atoms with E-state index < -0.39 is 0 Å². The fraction of sp³-hybridized carbons (Fsp3) is 0.625. The lowest BCUT2D eigenvalue weighted by atomic mass is 9.99. The van der Waals surface area contributed by atoms with E-state index in [0.29, 0.717) is 6.79 Å². The highest BCUT2D eigenvalue weighted by atomic mass is 16.7. The Morgan fingerprint density at radius 1 is 1.33 bits per heavy atom. The Morgan fingerprint density at radius 3 is 3.00 bits per heavy atom. The van der Waals surface area contributed by atoms with Crippen LogP contribution in [0.2, 0.25) is 0 Å². The highest BCUT2D eigenvalue weighted by Gasteiger charge is 2.27. The minimum absolute atomic E-state index is 0.195. The summed E-state index contributed by atoms with van der Waals surface area (Å²) in [6.45, 7) is 2.44. The van der Waals surface area contributed by atoms with Crippen LogP contribution in [0, 0.1) is 0 Å². The van der Waals surface area contributed by atoms with Crippen LogP contribution >= 0.6 is 0 Å². The summed E-state index contributed by atoms with van der Waals surface area (Å²) >= 11 is 0. The van der Waals surface area contributed by atoms with E-state index in [9.17, 15) is 5.11 Å². The summed E-state index contributed by atoms with van der Waals surface area (Å²) < 4.78 is 16.2. The number of aliphatic hydroxyl groups excluding tert-OH is 1. The molecular formula is C16H23NO4. The Morgan fingerprint density at radius 2 is 2.19 bits per heavy atom. The Hall–Kier alpha value is -1.30. The molecular weight excluding hydrogens is 270 g/mol. The quantitative estimate of drug-likeness (QED) is 0.890. The molecule has 1 aromatic rings. The zero-order chi connectivity index (χ0) is 14.7. The maximum atomic E-state index is 9.57. The number of likely N-dealkylation sites (tertiary alicyclic amines) is 1. The second-order valence-corrected chi connectivity index (χ2v) is 5.69. The van der Waals surface area contributed by atoms with E-state index >= 15 is 0 Å². The molecule has 0 aliphatic carbocycles. The van der Waals surface area contributed by atoms with Gasteiger partial charge >= 0.3 is 0 Å². The van der Waals surface area contributed by atoms with Crippen molar-refractivity contribution >= 4 is 0 Å². The summed E-state index contributed by atoms with van der Waals surface area (Å²) in [6, 6.07) is 6.32. The van der Waals surface area contributed by atoms with Crippen molar-refractivity contribution in [2.24, 2.45) is 0 Å². The van der Waals surface area contributed by atoms with Gasteiger partial charge in [-0.3, -0.25) is 4.90 Å². The van der Waals surface area contributed by atoms with Crippen LogP contribution in [0.1, 0.15) is 18.4 Å². The molecule has 1 saturated heterocycles. The fourth-order valence-electron chi connectivity index (χ4n) is 3.13. The zero-order valence-electron chi connectivity index (χ0n) is 12.5. The molecule has 0 spiro atoms. The molecule has 0 unspecified atom stereocenters. The molecule has 1 N–H and O–H groups in total. The lowest BCUT2D eigenvalue weighted by Crippen LogP contribution is -2.47. The molecule has 0 saturated carbocycles. The number of aliphatic hydroxyl groups is 1. The van der Waals surface area contributed by atoms with E-state index in [1.54, 1.807) is 7.11 Å². The highest BCUT2D eigenvalue weighted by Crippen LogP contribution is 2.32. The lowest BCUT2D eigenvalue weighted by Gasteiger charge is -2.38. The van der Waals surface area contributed by atoms with E-state index in [4.69, 9.17) is 14.2 Å². The van der Waals surface area contributed by atoms with Gasteiger partial charge in [0, 0.05) is 26.2 Å². The van der Waals surface area contributed by atoms with Gasteiger partial charge in [-0.05, 0) is 37.0 Å². The van der Waals surface area contributed by atoms with Gasteiger partial charge in [0.15, 0.2) is 11.5 Å². The van der Waals surface area contributed by atoms with Gasteiger partial charge in [0.05, 0.1) is 12.7 Å². The standard InChI is InChI=1S/C16H23NO4/c1-19-14-5-7-17(13(9-14)10-18)6-4-12-2-3-15-16(8-12)21-11-20-15/h2-3,8,13-14,18H,4-7,9-11H2,1H3/t13-,14+/m0/s1. The van der Waals surface area contributed by atoms with Gasteiger partial charge in [-0.25, -0.2) is 0 Å². The van der Waals surface area contributed by atoms with Crippen molar-refractivity contribution < 1.29 is 19.3 Å². The summed E-state index contributed by atoms with van der Waals surface area (Å²) in [5.41, 5.74) is 1.24. The molecule has 5 heteroatoms. The van der Waals surface area contributed by atoms with Crippen LogP contribution in [0.3, 0.4) is 0 Å². The van der Waals surface area contributed by atoms with Gasteiger partial charge in [-0.15, -0.1) is 0 Å². The van der Waals surface area contributed by atoms with Crippen LogP contribution in [-0.2, 0) is 11.2 Å². The minimum Gasteiger partial charge on any atom is -0.454 e. The summed E-state index contributed by atoms with van der Waals surface area (Å²) in [5.74, 6) is 1.66. The molecule has 21 heavy (non-hydrogen) atoms. The first-order valence-electron chi connectivity index (χ1n) is 7.56. The number of benzene rings is 1. The van der Waals surface area contributed by atoms with E-state index in [0.717, 1.165) is 43.9 Å². The van der Waals surface area contributed by atoms with Gasteiger partial charge < -0.3 is 19.3 Å². The third kappa shape index (κ3) is 3.31. The van der Waals surface area contributed by atoms with Crippen molar-refractivity contribution in [2.45, 2.75) is 31.4 Å². The van der Waals surface area contributed by atoms with Crippen molar-refractivity contribution in [3.8, 4) is 11.5 Å². The average Bonchev–Trinajstić information content (AvgIpc) is 3.00. The van der Waals surface area contributed by atoms with Crippen LogP contribution < -0.4 is 9.47 Å². The Bertz CT molecular complexity index is 479. The van der Waals surface area contributed by atoms with Gasteiger partial charge in [-0.2, -0.15) is 0 Å². The van der Waals surface area contributed by atoms with Gasteiger partial charge in [0.25, 0.3) is 0 Å². The zero-order valence-corrected chi connectivity index (χ0v) is 12.5. The van der Waals surface area contributed by atoms with E-state index in [-0.39, 0.29) is 18.8 Å². The van der Waals surface area contributed by atoms with Crippen molar-refractivity contribution in [3.63, 3.8) is 0 Å². The number of methoxy groups -OCH3 is 1. The van der Waals surface area contributed by atoms with Crippen LogP contribution in [-0.4, -0.2) is 55.8 Å². The van der Waals surface area contributed by atoms with Crippen LogP contribution in [0.5, 0.6) is 11.5 Å². The Kier molecular flexibility index (Phi) is 4.63. The topological polar surface area (TPSA) is 51.2 Å². The molecule has 0 radical (unpaired) electrons. The number of hydrogen-bond acceptors (Lipinski definition) is 5. The van der Waals surface area contributed by atoms with Gasteiger partial charge in [0.1, 0.15) is 0 Å². The molecule has 1 fully saturated rings. The number of rotatable bonds is 5. The number of hydrogen-bond donors (Lipinski definition) is 1. The maximum absolute atomic E-state index is 9.57. The van der Waals surface area contributed by atoms with Crippen LogP contribution in [0.4, 0.5) is 0 Å². The van der Waals surface area contributed by atoms with E-state index in [1.165, 1.54) is 5.56 Å². The number of nitrogens with zero attached hydrogens (tertiary/aromatic N) is 1. The molecule has 0 aromatic heterocycles. The first kappa shape index (κ1) is 14.6. The smallest absolute Gasteiger partial charge is 0.231 e. The molecule has 0 amide bonds. The van der Waals surface area contributed by atoms with Crippen molar-refractivity contribution in [3.05, 3.63) is 23.8 Å². The molecule has 116 valence electrons. The second kappa shape index (κ2) is 6.64. The average molecular weight is 293 g/mol. The third-order valence-corrected chi connectivity index (χ3v) is 4.46. The Balaban J connectivity index is 1.57. The van der Waals surface area contributed by atoms with Crippen molar-refractivity contribution in [2.75, 3.05) is 33.6 Å². The van der Waals surface area contributed by atoms with E-state index in [1.807, 2.05) is 6.07 Å². The molecule has 2 atom stereocenters. The summed E-state index contributed by atoms with van der Waals surface area (Å²) in [6.07, 6.45) is 3.18. The predicted molar refractivity (Wildman–Crippen MR) is 78.7 cm³/mol. The monoisotopic (exact) mass is 293 g/mol. The first-order chi connectivity index (χ1) is 10.3. The molecule has 2 aliphatic rings. The highest BCUT2D eigenvalue weighted by molar-refractivity contribution is 5.44. The molecule has 2 heterocycles. The van der Waals surface area contributed by atoms with E-state index in [2.05, 4.69) is 17.0 Å². The Labute approximate surface area is 125 Å². The summed E-state index contributed by atoms with van der Waals surface area (Å²) in [5, 5.41) is 9.57. The second-order valence-electron chi connectivity index (χ2n) is 5.69. The minimum atomic E-state index is 0.195. The summed E-state index contributed by atoms with van der Waals surface area (Å²) in [7, 11) is 1.75. The van der Waals surface area contributed by atoms with Crippen molar-refractivity contribution in [1.29, 1.82) is 0 Å². The number of piperidine rings is 1. The normalized spacial score (nSPS) is 25.2. The lowest BCUT2D eigenvalue weighted by molar-refractivity contribution is -0.00574. The molecule has 2 aliphatic heterocycles. The molecule has 3 rings (SSSR count). The van der Waals surface area contributed by atoms with Crippen LogP contribution in [0.15, 0.2) is 18.2 Å². The SMILES string of the molecule is CO[C@@H]1CCN(CCc2ccc3c(c2)OCO3)[C@H](CO)C1. The number of ether oxygens (including phenoxy) is 3. The largest absolute Gasteiger partial charge is 0.454 e. The van der Waals surface area contributed by atoms with Gasteiger partial charge in [-0.1, -0.05) is 6.07 Å². The first-order valence-corrected chi connectivity index (χ1v) is 7.56. The molecule has 0 bridgehead atoms. The third-order valence-electron chi connectivity index (χ3n) is 4.46. The summed E-state index contributed by atoms with van der Waals surface area (Å²) in [4.78, 5) is 2.36. The van der Waals surface area contributed by atoms with Crippen LogP contribution in [0.25, 0.3) is 0 Å². The predicted octanol–water partition coefficient (Wildman–Crippen LogP) is 1.43. The van der Waals surface area contributed by atoms with Crippen molar-refractivity contribution in [1.82, 2.24) is 4.90 Å². The fourth-order valence-corrected chi connectivity index (χ4v) is 3.13. The number of fused-ring (bicyclic) bond motifs is 1. The van der Waals surface area contributed by atoms with Gasteiger partial charge in [0.2, 0.25) is 6.79 Å². The molecule has 1 aromatic carbocycles. The molecule has 5 nitrogen and oxygen atoms in total. The maximum Gasteiger partial charge on any atom is 0.231 e.